The van der Waals surface area contributed by atoms with E-state index in [0.717, 1.165) is 38.4 Å². The molecule has 31 heavy (non-hydrogen) atoms. The van der Waals surface area contributed by atoms with Gasteiger partial charge in [0.15, 0.2) is 0 Å². The van der Waals surface area contributed by atoms with Crippen LogP contribution >= 0.6 is 11.3 Å². The summed E-state index contributed by atoms with van der Waals surface area (Å²) in [6.07, 6.45) is 14.3. The quantitative estimate of drug-likeness (QED) is 0.593. The van der Waals surface area contributed by atoms with Crippen molar-refractivity contribution >= 4 is 33.3 Å². The Morgan fingerprint density at radius 3 is 2.48 bits per heavy atom. The van der Waals surface area contributed by atoms with Crippen molar-refractivity contribution in [2.45, 2.75) is 89.9 Å². The van der Waals surface area contributed by atoms with E-state index in [1.54, 1.807) is 4.88 Å². The fraction of sp³-hybridized carbons (Fsp3) is 0.720. The monoisotopic (exact) mass is 440 g/mol. The molecule has 2 aromatic heterocycles. The van der Waals surface area contributed by atoms with Crippen LogP contribution in [0.5, 0.6) is 0 Å². The second-order valence-electron chi connectivity index (χ2n) is 9.60. The van der Waals surface area contributed by atoms with Gasteiger partial charge in [0.05, 0.1) is 5.39 Å². The van der Waals surface area contributed by atoms with E-state index in [1.807, 2.05) is 11.3 Å². The smallest absolute Gasteiger partial charge is 0.222 e. The third-order valence-corrected chi connectivity index (χ3v) is 8.61. The number of thiophene rings is 1. The van der Waals surface area contributed by atoms with Crippen LogP contribution < -0.4 is 4.90 Å². The van der Waals surface area contributed by atoms with Crippen LogP contribution in [-0.2, 0) is 17.6 Å². The highest BCUT2D eigenvalue weighted by atomic mass is 32.1. The van der Waals surface area contributed by atoms with Gasteiger partial charge in [-0.15, -0.1) is 11.3 Å². The zero-order valence-corrected chi connectivity index (χ0v) is 19.8. The van der Waals surface area contributed by atoms with E-state index in [9.17, 15) is 4.79 Å². The molecule has 1 saturated carbocycles. The molecule has 6 heteroatoms. The van der Waals surface area contributed by atoms with Crippen molar-refractivity contribution in [2.75, 3.05) is 31.1 Å². The molecule has 2 fully saturated rings. The lowest BCUT2D eigenvalue weighted by Gasteiger charge is -2.36. The van der Waals surface area contributed by atoms with E-state index in [-0.39, 0.29) is 0 Å². The van der Waals surface area contributed by atoms with Crippen LogP contribution in [0, 0.1) is 0 Å². The molecule has 0 radical (unpaired) electrons. The van der Waals surface area contributed by atoms with Gasteiger partial charge in [0.25, 0.3) is 0 Å². The number of hydrogen-bond acceptors (Lipinski definition) is 5. The Bertz CT molecular complexity index is 925. The van der Waals surface area contributed by atoms with Crippen molar-refractivity contribution in [3.05, 3.63) is 16.3 Å². The minimum atomic E-state index is 0.308. The normalized spacial score (nSPS) is 20.7. The summed E-state index contributed by atoms with van der Waals surface area (Å²) in [5.74, 6) is 3.09. The van der Waals surface area contributed by atoms with Crippen molar-refractivity contribution in [1.82, 2.24) is 14.9 Å². The number of carbonyl (C=O) groups excluding carboxylic acids is 1. The SMILES string of the molecule is CCCC(=O)N1CCN(c2nc(C3CCCCC3)nc3sc4c(c23)CCCCC4)CC1. The number of rotatable bonds is 4. The van der Waals surface area contributed by atoms with E-state index >= 15 is 0 Å². The molecule has 0 atom stereocenters. The summed E-state index contributed by atoms with van der Waals surface area (Å²) in [6, 6.07) is 0. The van der Waals surface area contributed by atoms with E-state index in [0.29, 0.717) is 18.2 Å². The first-order valence-corrected chi connectivity index (χ1v) is 13.4. The maximum Gasteiger partial charge on any atom is 0.222 e. The summed E-state index contributed by atoms with van der Waals surface area (Å²) in [4.78, 5) is 30.1. The molecule has 168 valence electrons. The molecule has 1 amide bonds. The Hall–Kier alpha value is -1.69. The first kappa shape index (κ1) is 21.2. The van der Waals surface area contributed by atoms with Crippen LogP contribution in [0.4, 0.5) is 5.82 Å². The predicted molar refractivity (Wildman–Crippen MR) is 128 cm³/mol. The number of fused-ring (bicyclic) bond motifs is 3. The molecule has 0 spiro atoms. The van der Waals surface area contributed by atoms with Crippen molar-refractivity contribution < 1.29 is 4.79 Å². The van der Waals surface area contributed by atoms with Gasteiger partial charge < -0.3 is 9.80 Å². The first-order chi connectivity index (χ1) is 15.2. The molecule has 0 bridgehead atoms. The minimum absolute atomic E-state index is 0.308. The highest BCUT2D eigenvalue weighted by Crippen LogP contribution is 2.41. The van der Waals surface area contributed by atoms with E-state index in [2.05, 4.69) is 16.7 Å². The standard InChI is InChI=1S/C25H36N4OS/c1-2-9-21(30)28-14-16-29(17-15-28)24-22-19-12-7-4-8-13-20(19)31-25(22)27-23(26-24)18-10-5-3-6-11-18/h18H,2-17H2,1H3. The van der Waals surface area contributed by atoms with Gasteiger partial charge in [0.1, 0.15) is 16.5 Å². The highest BCUT2D eigenvalue weighted by Gasteiger charge is 2.28. The summed E-state index contributed by atoms with van der Waals surface area (Å²) >= 11 is 1.94. The number of aryl methyl sites for hydroxylation is 2. The van der Waals surface area contributed by atoms with E-state index in [1.165, 1.54) is 85.8 Å². The van der Waals surface area contributed by atoms with Gasteiger partial charge in [0.2, 0.25) is 5.91 Å². The molecule has 1 aliphatic heterocycles. The Balaban J connectivity index is 1.50. The molecule has 0 aromatic carbocycles. The number of piperazine rings is 1. The summed E-state index contributed by atoms with van der Waals surface area (Å²) in [7, 11) is 0. The van der Waals surface area contributed by atoms with Gasteiger partial charge in [-0.25, -0.2) is 9.97 Å². The lowest BCUT2D eigenvalue weighted by Crippen LogP contribution is -2.49. The first-order valence-electron chi connectivity index (χ1n) is 12.6. The maximum atomic E-state index is 12.4. The van der Waals surface area contributed by atoms with Gasteiger partial charge in [-0.2, -0.15) is 0 Å². The zero-order valence-electron chi connectivity index (χ0n) is 19.0. The third kappa shape index (κ3) is 4.33. The lowest BCUT2D eigenvalue weighted by atomic mass is 9.88. The highest BCUT2D eigenvalue weighted by molar-refractivity contribution is 7.19. The zero-order chi connectivity index (χ0) is 21.2. The van der Waals surface area contributed by atoms with E-state index < -0.39 is 0 Å². The minimum Gasteiger partial charge on any atom is -0.352 e. The largest absolute Gasteiger partial charge is 0.352 e. The second-order valence-corrected chi connectivity index (χ2v) is 10.7. The Morgan fingerprint density at radius 1 is 0.968 bits per heavy atom. The Kier molecular flexibility index (Phi) is 6.44. The van der Waals surface area contributed by atoms with Crippen molar-refractivity contribution in [3.63, 3.8) is 0 Å². The van der Waals surface area contributed by atoms with E-state index in [4.69, 9.17) is 9.97 Å². The molecule has 3 heterocycles. The fourth-order valence-corrected chi connectivity index (χ4v) is 6.91. The van der Waals surface area contributed by atoms with Gasteiger partial charge in [-0.05, 0) is 50.5 Å². The Labute approximate surface area is 190 Å². The van der Waals surface area contributed by atoms with Crippen LogP contribution in [0.15, 0.2) is 0 Å². The number of nitrogens with zero attached hydrogens (tertiary/aromatic N) is 4. The second kappa shape index (κ2) is 9.43. The molecule has 2 aromatic rings. The average molecular weight is 441 g/mol. The lowest BCUT2D eigenvalue weighted by molar-refractivity contribution is -0.131. The summed E-state index contributed by atoms with van der Waals surface area (Å²) in [6.45, 7) is 5.48. The number of amides is 1. The van der Waals surface area contributed by atoms with Crippen LogP contribution in [0.1, 0.15) is 93.3 Å². The third-order valence-electron chi connectivity index (χ3n) is 7.43. The van der Waals surface area contributed by atoms with Crippen LogP contribution in [0.2, 0.25) is 0 Å². The topological polar surface area (TPSA) is 49.3 Å². The molecule has 0 unspecified atom stereocenters. The molecule has 5 nitrogen and oxygen atoms in total. The molecule has 3 aliphatic rings. The van der Waals surface area contributed by atoms with Gasteiger partial charge in [0, 0.05) is 43.4 Å². The van der Waals surface area contributed by atoms with Gasteiger partial charge in [-0.1, -0.05) is 32.6 Å². The molecule has 5 rings (SSSR count). The van der Waals surface area contributed by atoms with Crippen LogP contribution in [0.25, 0.3) is 10.2 Å². The summed E-state index contributed by atoms with van der Waals surface area (Å²) in [5, 5.41) is 1.34. The van der Waals surface area contributed by atoms with Gasteiger partial charge in [-0.3, -0.25) is 4.79 Å². The fourth-order valence-electron chi connectivity index (χ4n) is 5.64. The van der Waals surface area contributed by atoms with Crippen molar-refractivity contribution in [2.24, 2.45) is 0 Å². The molecule has 2 aliphatic carbocycles. The number of anilines is 1. The predicted octanol–water partition coefficient (Wildman–Crippen LogP) is 5.46. The summed E-state index contributed by atoms with van der Waals surface area (Å²) < 4.78 is 0. The maximum absolute atomic E-state index is 12.4. The molecule has 1 saturated heterocycles. The number of carbonyl (C=O) groups is 1. The molecule has 0 N–H and O–H groups in total. The van der Waals surface area contributed by atoms with Crippen molar-refractivity contribution in [1.29, 1.82) is 0 Å². The Morgan fingerprint density at radius 2 is 1.71 bits per heavy atom. The average Bonchev–Trinajstić information content (AvgIpc) is 3.00. The molecular formula is C25H36N4OS. The van der Waals surface area contributed by atoms with Gasteiger partial charge >= 0.3 is 0 Å². The number of aromatic nitrogens is 2. The molecular weight excluding hydrogens is 404 g/mol. The van der Waals surface area contributed by atoms with Crippen LogP contribution in [-0.4, -0.2) is 47.0 Å². The van der Waals surface area contributed by atoms with Crippen LogP contribution in [0.3, 0.4) is 0 Å². The van der Waals surface area contributed by atoms with Crippen molar-refractivity contribution in [3.8, 4) is 0 Å². The number of hydrogen-bond donors (Lipinski definition) is 0. The summed E-state index contributed by atoms with van der Waals surface area (Å²) in [5.41, 5.74) is 1.53.